The number of methoxy groups -OCH3 is 1. The first-order valence-electron chi connectivity index (χ1n) is 11.0. The summed E-state index contributed by atoms with van der Waals surface area (Å²) in [7, 11) is 1.63. The van der Waals surface area contributed by atoms with E-state index in [4.69, 9.17) is 4.74 Å². The summed E-state index contributed by atoms with van der Waals surface area (Å²) in [6.45, 7) is 7.03. The Hall–Kier alpha value is -2.23. The van der Waals surface area contributed by atoms with Crippen LogP contribution in [0.15, 0.2) is 41.3 Å². The average molecular weight is 494 g/mol. The van der Waals surface area contributed by atoms with Crippen LogP contribution < -0.4 is 9.64 Å². The van der Waals surface area contributed by atoms with E-state index in [1.165, 1.54) is 6.07 Å². The minimum absolute atomic E-state index is 0.0579. The molecule has 0 atom stereocenters. The molecule has 3 aromatic rings. The topological polar surface area (TPSA) is 45.7 Å². The lowest BCUT2D eigenvalue weighted by atomic mass is 10.3. The second-order valence-corrected chi connectivity index (χ2v) is 9.61. The first-order chi connectivity index (χ1) is 15.9. The molecule has 0 saturated carbocycles. The van der Waals surface area contributed by atoms with Gasteiger partial charge in [0.2, 0.25) is 5.91 Å². The van der Waals surface area contributed by atoms with Gasteiger partial charge < -0.3 is 9.64 Å². The summed E-state index contributed by atoms with van der Waals surface area (Å²) in [6, 6.07) is 9.91. The van der Waals surface area contributed by atoms with Gasteiger partial charge in [-0.15, -0.1) is 11.8 Å². The second kappa shape index (κ2) is 12.3. The molecule has 0 aliphatic heterocycles. The molecule has 0 fully saturated rings. The number of hydrogen-bond acceptors (Lipinski definition) is 6. The Morgan fingerprint density at radius 2 is 1.85 bits per heavy atom. The molecule has 0 spiro atoms. The fourth-order valence-corrected chi connectivity index (χ4v) is 5.29. The molecule has 2 aromatic carbocycles. The monoisotopic (exact) mass is 493 g/mol. The van der Waals surface area contributed by atoms with Gasteiger partial charge in [0, 0.05) is 30.5 Å². The van der Waals surface area contributed by atoms with Gasteiger partial charge in [0.15, 0.2) is 10.9 Å². The van der Waals surface area contributed by atoms with Crippen LogP contribution in [0, 0.1) is 11.6 Å². The first kappa shape index (κ1) is 25.4. The third kappa shape index (κ3) is 6.88. The number of halogens is 2. The Morgan fingerprint density at radius 3 is 2.52 bits per heavy atom. The molecule has 0 bridgehead atoms. The minimum atomic E-state index is -0.709. The third-order valence-corrected chi connectivity index (χ3v) is 7.45. The zero-order chi connectivity index (χ0) is 23.8. The van der Waals surface area contributed by atoms with E-state index in [9.17, 15) is 13.6 Å². The van der Waals surface area contributed by atoms with Gasteiger partial charge in [-0.3, -0.25) is 9.69 Å². The number of ether oxygens (including phenoxy) is 1. The lowest BCUT2D eigenvalue weighted by Gasteiger charge is -2.24. The maximum atomic E-state index is 14.2. The predicted octanol–water partition coefficient (Wildman–Crippen LogP) is 5.83. The number of benzene rings is 2. The number of carbonyl (C=O) groups excluding carboxylic acids is 1. The molecule has 0 aliphatic carbocycles. The van der Waals surface area contributed by atoms with Gasteiger partial charge in [0.25, 0.3) is 0 Å². The van der Waals surface area contributed by atoms with Crippen molar-refractivity contribution in [2.45, 2.75) is 31.6 Å². The van der Waals surface area contributed by atoms with Crippen molar-refractivity contribution in [3.8, 4) is 5.75 Å². The van der Waals surface area contributed by atoms with E-state index in [0.29, 0.717) is 35.8 Å². The molecule has 0 radical (unpaired) electrons. The number of aromatic nitrogens is 1. The number of likely N-dealkylation sites (N-methyl/N-ethyl adjacent to an activating group) is 1. The summed E-state index contributed by atoms with van der Waals surface area (Å²) in [5, 5.41) is 0.412. The molecule has 0 aliphatic rings. The molecule has 3 rings (SSSR count). The molecule has 9 heteroatoms. The van der Waals surface area contributed by atoms with Crippen LogP contribution in [-0.4, -0.2) is 54.8 Å². The molecule has 1 amide bonds. The van der Waals surface area contributed by atoms with Gasteiger partial charge in [-0.2, -0.15) is 0 Å². The van der Waals surface area contributed by atoms with Crippen molar-refractivity contribution >= 4 is 44.4 Å². The lowest BCUT2D eigenvalue weighted by Crippen LogP contribution is -2.38. The summed E-state index contributed by atoms with van der Waals surface area (Å²) in [5.74, 6) is 0.191. The summed E-state index contributed by atoms with van der Waals surface area (Å²) >= 11 is 2.83. The Morgan fingerprint density at radius 1 is 1.12 bits per heavy atom. The predicted molar refractivity (Wildman–Crippen MR) is 133 cm³/mol. The highest BCUT2D eigenvalue weighted by molar-refractivity contribution is 7.99. The first-order valence-corrected chi connectivity index (χ1v) is 12.8. The number of nitrogens with zero attached hydrogens (tertiary/aromatic N) is 3. The van der Waals surface area contributed by atoms with E-state index in [2.05, 4.69) is 23.7 Å². The molecule has 0 N–H and O–H groups in total. The fourth-order valence-electron chi connectivity index (χ4n) is 3.39. The van der Waals surface area contributed by atoms with E-state index in [1.54, 1.807) is 23.8 Å². The number of anilines is 1. The van der Waals surface area contributed by atoms with Crippen LogP contribution in [-0.2, 0) is 4.79 Å². The summed E-state index contributed by atoms with van der Waals surface area (Å²) in [5.41, 5.74) is 0.104. The smallest absolute Gasteiger partial charge is 0.228 e. The van der Waals surface area contributed by atoms with E-state index in [0.717, 1.165) is 46.9 Å². The highest BCUT2D eigenvalue weighted by atomic mass is 32.2. The van der Waals surface area contributed by atoms with Gasteiger partial charge in [0.1, 0.15) is 17.1 Å². The highest BCUT2D eigenvalue weighted by Crippen LogP contribution is 2.32. The van der Waals surface area contributed by atoms with Crippen molar-refractivity contribution in [3.63, 3.8) is 0 Å². The number of rotatable bonds is 12. The molecule has 178 valence electrons. The summed E-state index contributed by atoms with van der Waals surface area (Å²) in [4.78, 5) is 22.4. The average Bonchev–Trinajstić information content (AvgIpc) is 3.24. The van der Waals surface area contributed by atoms with Crippen LogP contribution >= 0.6 is 23.1 Å². The van der Waals surface area contributed by atoms with Crippen molar-refractivity contribution in [1.29, 1.82) is 0 Å². The fraction of sp³-hybridized carbons (Fsp3) is 0.417. The molecule has 1 aromatic heterocycles. The number of thiazole rings is 1. The number of hydrogen-bond donors (Lipinski definition) is 0. The van der Waals surface area contributed by atoms with Crippen molar-refractivity contribution in [2.24, 2.45) is 0 Å². The van der Waals surface area contributed by atoms with Crippen LogP contribution in [0.4, 0.5) is 13.9 Å². The molecule has 5 nitrogen and oxygen atoms in total. The molecular formula is C24H29F2N3O2S2. The van der Waals surface area contributed by atoms with Gasteiger partial charge in [-0.1, -0.05) is 25.2 Å². The number of amides is 1. The summed E-state index contributed by atoms with van der Waals surface area (Å²) in [6.07, 6.45) is 1.05. The highest BCUT2D eigenvalue weighted by Gasteiger charge is 2.21. The van der Waals surface area contributed by atoms with E-state index in [-0.39, 0.29) is 11.4 Å². The maximum absolute atomic E-state index is 14.2. The van der Waals surface area contributed by atoms with Crippen LogP contribution in [0.2, 0.25) is 0 Å². The molecule has 0 unspecified atom stereocenters. The molecular weight excluding hydrogens is 464 g/mol. The normalized spacial score (nSPS) is 11.3. The lowest BCUT2D eigenvalue weighted by molar-refractivity contribution is -0.118. The van der Waals surface area contributed by atoms with Crippen molar-refractivity contribution < 1.29 is 18.3 Å². The van der Waals surface area contributed by atoms with Crippen LogP contribution in [0.25, 0.3) is 10.2 Å². The van der Waals surface area contributed by atoms with Crippen molar-refractivity contribution in [2.75, 3.05) is 43.9 Å². The molecule has 33 heavy (non-hydrogen) atoms. The zero-order valence-electron chi connectivity index (χ0n) is 19.1. The third-order valence-electron chi connectivity index (χ3n) is 5.33. The molecule has 1 heterocycles. The number of carbonyl (C=O) groups is 1. The van der Waals surface area contributed by atoms with E-state index in [1.807, 2.05) is 24.3 Å². The number of thioether (sulfide) groups is 1. The number of fused-ring (bicyclic) bond motifs is 1. The van der Waals surface area contributed by atoms with Gasteiger partial charge in [-0.25, -0.2) is 13.8 Å². The Labute approximate surface area is 201 Å². The van der Waals surface area contributed by atoms with Gasteiger partial charge >= 0.3 is 0 Å². The maximum Gasteiger partial charge on any atom is 0.228 e. The zero-order valence-corrected chi connectivity index (χ0v) is 20.8. The van der Waals surface area contributed by atoms with Gasteiger partial charge in [0.05, 0.1) is 11.8 Å². The van der Waals surface area contributed by atoms with E-state index < -0.39 is 11.6 Å². The Kier molecular flexibility index (Phi) is 9.46. The van der Waals surface area contributed by atoms with Crippen molar-refractivity contribution in [1.82, 2.24) is 9.88 Å². The van der Waals surface area contributed by atoms with Gasteiger partial charge in [-0.05, 0) is 55.6 Å². The second-order valence-electron chi connectivity index (χ2n) is 7.43. The van der Waals surface area contributed by atoms with Crippen molar-refractivity contribution in [3.05, 3.63) is 48.0 Å². The van der Waals surface area contributed by atoms with Crippen LogP contribution in [0.3, 0.4) is 0 Å². The largest absolute Gasteiger partial charge is 0.497 e. The molecule has 0 saturated heterocycles. The SMILES string of the molecule is CCN(CC)CCN(C(=O)CCCSc1ccc(OC)cc1)c1nc2c(F)cc(F)cc2s1. The standard InChI is InChI=1S/C24H29F2N3O2S2/c1-4-28(5-2)12-13-29(24-27-23-20(26)15-17(25)16-21(23)33-24)22(30)7-6-14-32-19-10-8-18(31-3)9-11-19/h8-11,15-16H,4-7,12-14H2,1-3H3. The van der Waals surface area contributed by atoms with Crippen LogP contribution in [0.1, 0.15) is 26.7 Å². The Bertz CT molecular complexity index is 1060. The summed E-state index contributed by atoms with van der Waals surface area (Å²) < 4.78 is 33.4. The van der Waals surface area contributed by atoms with E-state index >= 15 is 0 Å². The quantitative estimate of drug-likeness (QED) is 0.235. The minimum Gasteiger partial charge on any atom is -0.497 e. The van der Waals surface area contributed by atoms with Crippen LogP contribution in [0.5, 0.6) is 5.75 Å². The Balaban J connectivity index is 1.67.